The number of aryl methyl sites for hydroxylation is 4. The zero-order valence-corrected chi connectivity index (χ0v) is 41.0. The lowest BCUT2D eigenvalue weighted by Crippen LogP contribution is -2.16. The summed E-state index contributed by atoms with van der Waals surface area (Å²) in [5.74, 6) is 0. The molecule has 0 bridgehead atoms. The van der Waals surface area contributed by atoms with Crippen molar-refractivity contribution in [3.63, 3.8) is 0 Å². The van der Waals surface area contributed by atoms with Crippen LogP contribution in [0.3, 0.4) is 0 Å². The van der Waals surface area contributed by atoms with E-state index in [9.17, 15) is 0 Å². The molecule has 0 atom stereocenters. The van der Waals surface area contributed by atoms with E-state index in [2.05, 4.69) is 302 Å². The van der Waals surface area contributed by atoms with Crippen molar-refractivity contribution in [2.75, 3.05) is 19.6 Å². The smallest absolute Gasteiger partial charge is 0.0561 e. The summed E-state index contributed by atoms with van der Waals surface area (Å²) in [5, 5.41) is 6.99. The molecule has 72 heavy (non-hydrogen) atoms. The maximum Gasteiger partial charge on any atom is 0.0561 e. The summed E-state index contributed by atoms with van der Waals surface area (Å²) in [6.07, 6.45) is 0. The van der Waals surface area contributed by atoms with Gasteiger partial charge < -0.3 is 19.6 Å². The molecule has 0 saturated heterocycles. The summed E-state index contributed by atoms with van der Waals surface area (Å²) in [7, 11) is 0. The first kappa shape index (κ1) is 44.1. The zero-order chi connectivity index (χ0) is 48.7. The molecule has 12 rings (SSSR count). The lowest BCUT2D eigenvalue weighted by atomic mass is 9.89. The van der Waals surface area contributed by atoms with Gasteiger partial charge in [0, 0.05) is 77.8 Å². The van der Waals surface area contributed by atoms with Crippen LogP contribution in [0.4, 0.5) is 68.2 Å². The maximum atomic E-state index is 2.45. The Balaban J connectivity index is 1.28. The van der Waals surface area contributed by atoms with Gasteiger partial charge in [0.05, 0.1) is 22.7 Å². The third-order valence-corrected chi connectivity index (χ3v) is 14.0. The molecule has 12 aromatic carbocycles. The van der Waals surface area contributed by atoms with Gasteiger partial charge >= 0.3 is 0 Å². The monoisotopic (exact) mass is 926 g/mol. The molecule has 0 aliphatic rings. The molecule has 12 aromatic rings. The van der Waals surface area contributed by atoms with Gasteiger partial charge in [-0.2, -0.15) is 0 Å². The molecule has 4 nitrogen and oxygen atoms in total. The summed E-state index contributed by atoms with van der Waals surface area (Å²) in [5.41, 5.74) is 17.8. The molecule has 4 heteroatoms. The van der Waals surface area contributed by atoms with E-state index in [0.717, 1.165) is 89.8 Å². The van der Waals surface area contributed by atoms with Crippen LogP contribution in [-0.4, -0.2) is 0 Å². The number of benzene rings is 12. The van der Waals surface area contributed by atoms with E-state index in [1.807, 2.05) is 0 Å². The summed E-state index contributed by atoms with van der Waals surface area (Å²) in [6, 6.07) is 93.4. The van der Waals surface area contributed by atoms with Crippen LogP contribution in [0.2, 0.25) is 0 Å². The second-order valence-electron chi connectivity index (χ2n) is 18.9. The van der Waals surface area contributed by atoms with Gasteiger partial charge in [0.1, 0.15) is 0 Å². The largest absolute Gasteiger partial charge is 0.310 e. The molecular formula is C68H54N4. The van der Waals surface area contributed by atoms with Gasteiger partial charge in [0.15, 0.2) is 0 Å². The number of rotatable bonds is 12. The minimum atomic E-state index is 1.08. The molecule has 0 aliphatic carbocycles. The molecule has 0 radical (unpaired) electrons. The highest BCUT2D eigenvalue weighted by Crippen LogP contribution is 2.55. The van der Waals surface area contributed by atoms with E-state index in [1.165, 1.54) is 33.0 Å². The van der Waals surface area contributed by atoms with Crippen molar-refractivity contribution in [1.82, 2.24) is 0 Å². The fraction of sp³-hybridized carbons (Fsp3) is 0.0588. The Kier molecular flexibility index (Phi) is 11.4. The number of hydrogen-bond acceptors (Lipinski definition) is 4. The highest BCUT2D eigenvalue weighted by Gasteiger charge is 2.29. The van der Waals surface area contributed by atoms with Crippen LogP contribution < -0.4 is 19.6 Å². The van der Waals surface area contributed by atoms with Crippen LogP contribution in [0.15, 0.2) is 255 Å². The summed E-state index contributed by atoms with van der Waals surface area (Å²) >= 11 is 0. The molecule has 0 amide bonds. The van der Waals surface area contributed by atoms with Crippen LogP contribution in [0.1, 0.15) is 22.3 Å². The second kappa shape index (κ2) is 18.7. The Labute approximate surface area is 422 Å². The Morgan fingerprint density at radius 2 is 0.375 bits per heavy atom. The first-order chi connectivity index (χ1) is 35.4. The van der Waals surface area contributed by atoms with E-state index in [-0.39, 0.29) is 0 Å². The highest BCUT2D eigenvalue weighted by molar-refractivity contribution is 6.33. The maximum absolute atomic E-state index is 2.45. The Bertz CT molecular complexity index is 3380. The van der Waals surface area contributed by atoms with Crippen molar-refractivity contribution >= 4 is 101 Å². The van der Waals surface area contributed by atoms with Crippen LogP contribution in [-0.2, 0) is 0 Å². The molecule has 0 spiro atoms. The van der Waals surface area contributed by atoms with Gasteiger partial charge in [-0.05, 0) is 137 Å². The number of nitrogens with zero attached hydrogens (tertiary/aromatic N) is 4. The Morgan fingerprint density at radius 3 is 0.569 bits per heavy atom. The van der Waals surface area contributed by atoms with Crippen molar-refractivity contribution in [2.24, 2.45) is 0 Å². The minimum Gasteiger partial charge on any atom is -0.310 e. The lowest BCUT2D eigenvalue weighted by molar-refractivity contribution is 1.26. The van der Waals surface area contributed by atoms with E-state index < -0.39 is 0 Å². The fourth-order valence-corrected chi connectivity index (χ4v) is 10.5. The Morgan fingerprint density at radius 1 is 0.194 bits per heavy atom. The van der Waals surface area contributed by atoms with Gasteiger partial charge in [-0.25, -0.2) is 0 Å². The van der Waals surface area contributed by atoms with Crippen molar-refractivity contribution in [3.05, 3.63) is 277 Å². The average molecular weight is 927 g/mol. The van der Waals surface area contributed by atoms with Crippen LogP contribution in [0, 0.1) is 27.7 Å². The molecule has 0 N–H and O–H groups in total. The predicted octanol–water partition coefficient (Wildman–Crippen LogP) is 19.7. The first-order valence-corrected chi connectivity index (χ1v) is 24.8. The van der Waals surface area contributed by atoms with Crippen LogP contribution in [0.25, 0.3) is 32.3 Å². The van der Waals surface area contributed by atoms with E-state index in [4.69, 9.17) is 0 Å². The molecule has 0 saturated carbocycles. The van der Waals surface area contributed by atoms with Gasteiger partial charge in [0.2, 0.25) is 0 Å². The average Bonchev–Trinajstić information content (AvgIpc) is 3.42. The minimum absolute atomic E-state index is 1.08. The second-order valence-corrected chi connectivity index (χ2v) is 18.9. The first-order valence-electron chi connectivity index (χ1n) is 24.8. The zero-order valence-electron chi connectivity index (χ0n) is 41.0. The van der Waals surface area contributed by atoms with E-state index in [1.54, 1.807) is 0 Å². The third-order valence-electron chi connectivity index (χ3n) is 14.0. The summed E-state index contributed by atoms with van der Waals surface area (Å²) < 4.78 is 0. The summed E-state index contributed by atoms with van der Waals surface area (Å²) in [4.78, 5) is 9.78. The van der Waals surface area contributed by atoms with E-state index in [0.29, 0.717) is 0 Å². The number of para-hydroxylation sites is 4. The molecule has 0 aliphatic heterocycles. The van der Waals surface area contributed by atoms with Gasteiger partial charge in [-0.15, -0.1) is 0 Å². The molecule has 0 aromatic heterocycles. The topological polar surface area (TPSA) is 13.0 Å². The van der Waals surface area contributed by atoms with Crippen LogP contribution in [0.5, 0.6) is 0 Å². The SMILES string of the molecule is Cc1ccc(N(c2ccc(C)cc2)c2cc(N(c3ccccc3)c3ccccc3)c3ccc4c(N(c5ccc(C)cc5)c5ccc(C)cc5)cc(N(c5ccccc5)c5ccccc5)c5ccc2c3c54)cc1. The van der Waals surface area contributed by atoms with Crippen LogP contribution >= 0.6 is 0 Å². The Hall–Kier alpha value is -9.12. The molecule has 0 fully saturated rings. The highest BCUT2D eigenvalue weighted by atomic mass is 15.2. The van der Waals surface area contributed by atoms with Crippen molar-refractivity contribution < 1.29 is 0 Å². The van der Waals surface area contributed by atoms with E-state index >= 15 is 0 Å². The fourth-order valence-electron chi connectivity index (χ4n) is 10.5. The molecule has 346 valence electrons. The normalized spacial score (nSPS) is 11.3. The van der Waals surface area contributed by atoms with Gasteiger partial charge in [-0.3, -0.25) is 0 Å². The number of hydrogen-bond donors (Lipinski definition) is 0. The number of anilines is 12. The van der Waals surface area contributed by atoms with Gasteiger partial charge in [-0.1, -0.05) is 168 Å². The van der Waals surface area contributed by atoms with Crippen molar-refractivity contribution in [2.45, 2.75) is 27.7 Å². The lowest BCUT2D eigenvalue weighted by Gasteiger charge is -2.34. The third kappa shape index (κ3) is 8.03. The summed E-state index contributed by atoms with van der Waals surface area (Å²) in [6.45, 7) is 8.63. The molecule has 0 heterocycles. The standard InChI is InChI=1S/C68H54N4/c1-47-25-33-55(34-26-47)71(56-35-27-48(2)28-36-56)65-45-63(69(51-17-9-5-10-18-51)52-19-11-6-12-20-52)59-42-44-62-66(72(57-37-29-49(3)30-38-57)58-39-31-50(4)32-40-58)46-64(60-41-43-61(65)67(59)68(60)62)70(53-21-13-7-14-22-53)54-23-15-8-16-24-54/h5-46H,1-4H3. The van der Waals surface area contributed by atoms with Crippen molar-refractivity contribution in [3.8, 4) is 0 Å². The molecule has 0 unspecified atom stereocenters. The predicted molar refractivity (Wildman–Crippen MR) is 308 cm³/mol. The van der Waals surface area contributed by atoms with Crippen molar-refractivity contribution in [1.29, 1.82) is 0 Å². The quantitative estimate of drug-likeness (QED) is 0.113. The van der Waals surface area contributed by atoms with Gasteiger partial charge in [0.25, 0.3) is 0 Å². The molecular weight excluding hydrogens is 873 g/mol.